The number of halogens is 1. The second-order valence-electron chi connectivity index (χ2n) is 6.56. The number of amides is 1. The van der Waals surface area contributed by atoms with Crippen molar-refractivity contribution in [3.63, 3.8) is 0 Å². The standard InChI is InChI=1S/C21H19FN2O/c22-19-9-3-7-16(11-19)21(25)24-10-4-8-18(14-24)20-12-15-5-1-2-6-17(15)13-23-20/h1-3,5-7,9,11-13,18H,4,8,10,14H2/t18-/m0/s1. The van der Waals surface area contributed by atoms with Gasteiger partial charge in [-0.1, -0.05) is 30.3 Å². The molecule has 3 nitrogen and oxygen atoms in total. The number of hydrogen-bond acceptors (Lipinski definition) is 2. The molecular weight excluding hydrogens is 315 g/mol. The van der Waals surface area contributed by atoms with Crippen LogP contribution in [-0.2, 0) is 0 Å². The molecule has 2 aromatic carbocycles. The summed E-state index contributed by atoms with van der Waals surface area (Å²) >= 11 is 0. The van der Waals surface area contributed by atoms with Crippen molar-refractivity contribution >= 4 is 16.7 Å². The molecule has 0 aliphatic carbocycles. The molecule has 0 radical (unpaired) electrons. The summed E-state index contributed by atoms with van der Waals surface area (Å²) in [5.41, 5.74) is 1.43. The van der Waals surface area contributed by atoms with Crippen LogP contribution in [0.3, 0.4) is 0 Å². The smallest absolute Gasteiger partial charge is 0.253 e. The summed E-state index contributed by atoms with van der Waals surface area (Å²) in [5.74, 6) is -0.267. The van der Waals surface area contributed by atoms with Crippen LogP contribution in [0.1, 0.15) is 34.8 Å². The Balaban J connectivity index is 1.56. The van der Waals surface area contributed by atoms with Crippen molar-refractivity contribution in [3.05, 3.63) is 77.9 Å². The van der Waals surface area contributed by atoms with Crippen LogP contribution in [0.15, 0.2) is 60.8 Å². The Morgan fingerprint density at radius 2 is 1.92 bits per heavy atom. The molecule has 1 amide bonds. The summed E-state index contributed by atoms with van der Waals surface area (Å²) in [7, 11) is 0. The van der Waals surface area contributed by atoms with Gasteiger partial charge in [0.1, 0.15) is 5.82 Å². The average molecular weight is 334 g/mol. The molecule has 126 valence electrons. The van der Waals surface area contributed by atoms with Crippen LogP contribution in [0.5, 0.6) is 0 Å². The molecule has 0 unspecified atom stereocenters. The minimum Gasteiger partial charge on any atom is -0.338 e. The van der Waals surface area contributed by atoms with Gasteiger partial charge in [0.15, 0.2) is 0 Å². The van der Waals surface area contributed by atoms with E-state index in [4.69, 9.17) is 0 Å². The van der Waals surface area contributed by atoms with E-state index >= 15 is 0 Å². The largest absolute Gasteiger partial charge is 0.338 e. The SMILES string of the molecule is O=C(c1cccc(F)c1)N1CCC[C@H](c2cc3ccccc3cn2)C1. The minimum atomic E-state index is -0.379. The van der Waals surface area contributed by atoms with Crippen molar-refractivity contribution in [2.24, 2.45) is 0 Å². The van der Waals surface area contributed by atoms with Crippen molar-refractivity contribution in [1.29, 1.82) is 0 Å². The fourth-order valence-corrected chi connectivity index (χ4v) is 3.53. The number of pyridine rings is 1. The zero-order valence-electron chi connectivity index (χ0n) is 13.9. The second-order valence-corrected chi connectivity index (χ2v) is 6.56. The highest BCUT2D eigenvalue weighted by Gasteiger charge is 2.26. The van der Waals surface area contributed by atoms with Crippen molar-refractivity contribution in [3.8, 4) is 0 Å². The molecule has 1 atom stereocenters. The van der Waals surface area contributed by atoms with Crippen LogP contribution >= 0.6 is 0 Å². The van der Waals surface area contributed by atoms with Gasteiger partial charge in [0.2, 0.25) is 0 Å². The van der Waals surface area contributed by atoms with E-state index in [1.165, 1.54) is 17.5 Å². The lowest BCUT2D eigenvalue weighted by molar-refractivity contribution is 0.0705. The monoisotopic (exact) mass is 334 g/mol. The normalized spacial score (nSPS) is 17.6. The van der Waals surface area contributed by atoms with Crippen molar-refractivity contribution in [2.75, 3.05) is 13.1 Å². The zero-order valence-corrected chi connectivity index (χ0v) is 13.9. The van der Waals surface area contributed by atoms with Gasteiger partial charge in [-0.2, -0.15) is 0 Å². The Bertz CT molecular complexity index is 924. The van der Waals surface area contributed by atoms with Gasteiger partial charge in [0.25, 0.3) is 5.91 Å². The van der Waals surface area contributed by atoms with Gasteiger partial charge < -0.3 is 4.90 Å². The molecule has 4 rings (SSSR count). The number of fused-ring (bicyclic) bond motifs is 1. The number of carbonyl (C=O) groups is 1. The number of piperidine rings is 1. The van der Waals surface area contributed by atoms with Crippen molar-refractivity contribution in [2.45, 2.75) is 18.8 Å². The summed E-state index contributed by atoms with van der Waals surface area (Å²) in [6, 6.07) is 16.2. The first-order valence-corrected chi connectivity index (χ1v) is 8.60. The van der Waals surface area contributed by atoms with Gasteiger partial charge in [-0.15, -0.1) is 0 Å². The molecule has 2 heterocycles. The molecule has 0 spiro atoms. The van der Waals surface area contributed by atoms with Crippen LogP contribution in [0.2, 0.25) is 0 Å². The number of nitrogens with zero attached hydrogens (tertiary/aromatic N) is 2. The summed E-state index contributed by atoms with van der Waals surface area (Å²) < 4.78 is 13.4. The molecule has 0 saturated carbocycles. The molecule has 1 aromatic heterocycles. The summed E-state index contributed by atoms with van der Waals surface area (Å²) in [6.45, 7) is 1.33. The molecule has 3 aromatic rings. The van der Waals surface area contributed by atoms with E-state index in [2.05, 4.69) is 17.1 Å². The third-order valence-corrected chi connectivity index (χ3v) is 4.85. The van der Waals surface area contributed by atoms with E-state index in [1.807, 2.05) is 29.3 Å². The number of aromatic nitrogens is 1. The Labute approximate surface area is 146 Å². The van der Waals surface area contributed by atoms with Crippen molar-refractivity contribution < 1.29 is 9.18 Å². The number of rotatable bonds is 2. The van der Waals surface area contributed by atoms with Gasteiger partial charge >= 0.3 is 0 Å². The van der Waals surface area contributed by atoms with Crippen LogP contribution < -0.4 is 0 Å². The average Bonchev–Trinajstić information content (AvgIpc) is 2.67. The molecule has 0 N–H and O–H groups in total. The van der Waals surface area contributed by atoms with Gasteiger partial charge in [0.05, 0.1) is 0 Å². The highest BCUT2D eigenvalue weighted by molar-refractivity contribution is 5.94. The number of carbonyl (C=O) groups excluding carboxylic acids is 1. The van der Waals surface area contributed by atoms with Gasteiger partial charge in [-0.25, -0.2) is 4.39 Å². The van der Waals surface area contributed by atoms with Crippen LogP contribution in [0.4, 0.5) is 4.39 Å². The highest BCUT2D eigenvalue weighted by atomic mass is 19.1. The molecule has 1 saturated heterocycles. The lowest BCUT2D eigenvalue weighted by Gasteiger charge is -2.32. The fraction of sp³-hybridized carbons (Fsp3) is 0.238. The Hall–Kier alpha value is -2.75. The van der Waals surface area contributed by atoms with E-state index in [0.29, 0.717) is 18.7 Å². The maximum absolute atomic E-state index is 13.4. The van der Waals surface area contributed by atoms with Gasteiger partial charge in [0, 0.05) is 41.8 Å². The second kappa shape index (κ2) is 6.63. The number of likely N-dealkylation sites (tertiary alicyclic amines) is 1. The third kappa shape index (κ3) is 3.25. The van der Waals surface area contributed by atoms with Crippen LogP contribution in [0, 0.1) is 5.82 Å². The third-order valence-electron chi connectivity index (χ3n) is 4.85. The lowest BCUT2D eigenvalue weighted by Crippen LogP contribution is -2.39. The summed E-state index contributed by atoms with van der Waals surface area (Å²) in [5, 5.41) is 2.29. The fourth-order valence-electron chi connectivity index (χ4n) is 3.53. The Morgan fingerprint density at radius 1 is 1.08 bits per heavy atom. The van der Waals surface area contributed by atoms with Gasteiger partial charge in [-0.05, 0) is 42.5 Å². The van der Waals surface area contributed by atoms with E-state index in [1.54, 1.807) is 12.1 Å². The topological polar surface area (TPSA) is 33.2 Å². The van der Waals surface area contributed by atoms with E-state index in [-0.39, 0.29) is 17.6 Å². The maximum Gasteiger partial charge on any atom is 0.253 e. The maximum atomic E-state index is 13.4. The first kappa shape index (κ1) is 15.8. The van der Waals surface area contributed by atoms with Crippen LogP contribution in [0.25, 0.3) is 10.8 Å². The predicted octanol–water partition coefficient (Wildman–Crippen LogP) is 4.39. The lowest BCUT2D eigenvalue weighted by atomic mass is 9.93. The van der Waals surface area contributed by atoms with Crippen LogP contribution in [-0.4, -0.2) is 28.9 Å². The molecule has 1 fully saturated rings. The first-order valence-electron chi connectivity index (χ1n) is 8.60. The van der Waals surface area contributed by atoms with E-state index < -0.39 is 0 Å². The van der Waals surface area contributed by atoms with Crippen molar-refractivity contribution in [1.82, 2.24) is 9.88 Å². The Kier molecular flexibility index (Phi) is 4.18. The van der Waals surface area contributed by atoms with Gasteiger partial charge in [-0.3, -0.25) is 9.78 Å². The Morgan fingerprint density at radius 3 is 2.76 bits per heavy atom. The molecule has 25 heavy (non-hydrogen) atoms. The molecule has 1 aliphatic rings. The minimum absolute atomic E-state index is 0.106. The number of hydrogen-bond donors (Lipinski definition) is 0. The number of benzene rings is 2. The predicted molar refractivity (Wildman–Crippen MR) is 96.0 cm³/mol. The first-order chi connectivity index (χ1) is 12.2. The molecular formula is C21H19FN2O. The van der Waals surface area contributed by atoms with E-state index in [0.717, 1.165) is 23.9 Å². The summed E-state index contributed by atoms with van der Waals surface area (Å²) in [6.07, 6.45) is 3.84. The van der Waals surface area contributed by atoms with E-state index in [9.17, 15) is 9.18 Å². The highest BCUT2D eigenvalue weighted by Crippen LogP contribution is 2.28. The zero-order chi connectivity index (χ0) is 17.2. The molecule has 1 aliphatic heterocycles. The molecule has 4 heteroatoms. The summed E-state index contributed by atoms with van der Waals surface area (Å²) in [4.78, 5) is 19.1. The quantitative estimate of drug-likeness (QED) is 0.696. The molecule has 0 bridgehead atoms.